The number of ether oxygens (including phenoxy) is 1. The molecule has 1 spiro atoms. The van der Waals surface area contributed by atoms with Crippen molar-refractivity contribution in [3.05, 3.63) is 0 Å². The van der Waals surface area contributed by atoms with Crippen LogP contribution in [0.4, 0.5) is 0 Å². The Balaban J connectivity index is 1.66. The molecule has 0 radical (unpaired) electrons. The van der Waals surface area contributed by atoms with Gasteiger partial charge in [0.05, 0.1) is 12.1 Å². The highest BCUT2D eigenvalue weighted by Crippen LogP contribution is 2.39. The van der Waals surface area contributed by atoms with Crippen LogP contribution in [-0.4, -0.2) is 42.6 Å². The molecule has 18 heavy (non-hydrogen) atoms. The van der Waals surface area contributed by atoms with Crippen molar-refractivity contribution in [1.82, 2.24) is 4.90 Å². The molecule has 102 valence electrons. The van der Waals surface area contributed by atoms with Crippen LogP contribution < -0.4 is 5.73 Å². The largest absolute Gasteiger partial charge is 0.381 e. The van der Waals surface area contributed by atoms with E-state index < -0.39 is 5.54 Å². The van der Waals surface area contributed by atoms with E-state index in [2.05, 4.69) is 0 Å². The summed E-state index contributed by atoms with van der Waals surface area (Å²) in [4.78, 5) is 14.6. The summed E-state index contributed by atoms with van der Waals surface area (Å²) in [6.45, 7) is 3.43. The topological polar surface area (TPSA) is 55.6 Å². The van der Waals surface area contributed by atoms with Gasteiger partial charge in [-0.2, -0.15) is 0 Å². The number of amides is 1. The van der Waals surface area contributed by atoms with Crippen molar-refractivity contribution >= 4 is 5.91 Å². The van der Waals surface area contributed by atoms with Crippen LogP contribution in [0.1, 0.15) is 44.9 Å². The van der Waals surface area contributed by atoms with Gasteiger partial charge in [-0.3, -0.25) is 4.79 Å². The van der Waals surface area contributed by atoms with Crippen LogP contribution in [0, 0.1) is 5.41 Å². The fraction of sp³-hybridized carbons (Fsp3) is 0.929. The Bertz CT molecular complexity index is 331. The van der Waals surface area contributed by atoms with E-state index in [-0.39, 0.29) is 11.3 Å². The first kappa shape index (κ1) is 12.4. The Kier molecular flexibility index (Phi) is 3.10. The number of rotatable bonds is 1. The molecule has 2 saturated heterocycles. The van der Waals surface area contributed by atoms with Crippen molar-refractivity contribution in [2.75, 3.05) is 26.3 Å². The molecule has 1 aliphatic carbocycles. The third-order valence-electron chi connectivity index (χ3n) is 5.08. The lowest BCUT2D eigenvalue weighted by Gasteiger charge is -2.35. The molecule has 4 heteroatoms. The maximum Gasteiger partial charge on any atom is 0.242 e. The van der Waals surface area contributed by atoms with Crippen molar-refractivity contribution in [3.63, 3.8) is 0 Å². The molecule has 3 aliphatic rings. The molecule has 0 aromatic heterocycles. The number of likely N-dealkylation sites (tertiary alicyclic amines) is 1. The zero-order valence-corrected chi connectivity index (χ0v) is 11.1. The normalized spacial score (nSPS) is 35.3. The maximum atomic E-state index is 12.6. The van der Waals surface area contributed by atoms with E-state index in [0.29, 0.717) is 0 Å². The van der Waals surface area contributed by atoms with Crippen LogP contribution in [0.15, 0.2) is 0 Å². The molecule has 3 fully saturated rings. The molecule has 0 aromatic carbocycles. The van der Waals surface area contributed by atoms with Crippen LogP contribution >= 0.6 is 0 Å². The predicted octanol–water partition coefficient (Wildman–Crippen LogP) is 1.29. The zero-order valence-electron chi connectivity index (χ0n) is 11.1. The molecule has 2 aliphatic heterocycles. The van der Waals surface area contributed by atoms with E-state index >= 15 is 0 Å². The fourth-order valence-corrected chi connectivity index (χ4v) is 3.79. The molecule has 3 rings (SSSR count). The van der Waals surface area contributed by atoms with E-state index in [9.17, 15) is 4.79 Å². The predicted molar refractivity (Wildman–Crippen MR) is 69.1 cm³/mol. The Morgan fingerprint density at radius 1 is 1.11 bits per heavy atom. The number of hydrogen-bond acceptors (Lipinski definition) is 3. The Hall–Kier alpha value is -0.610. The van der Waals surface area contributed by atoms with Crippen LogP contribution in [0.3, 0.4) is 0 Å². The standard InChI is InChI=1S/C14H24N2O2/c15-14(4-2-1-3-5-14)12(17)16-8-6-13(10-16)7-9-18-11-13/h1-11,15H2. The third-order valence-corrected chi connectivity index (χ3v) is 5.08. The maximum absolute atomic E-state index is 12.6. The number of hydrogen-bond donors (Lipinski definition) is 1. The summed E-state index contributed by atoms with van der Waals surface area (Å²) in [5.74, 6) is 0.200. The Labute approximate surface area is 109 Å². The average molecular weight is 252 g/mol. The van der Waals surface area contributed by atoms with Gasteiger partial charge < -0.3 is 15.4 Å². The number of nitrogens with zero attached hydrogens (tertiary/aromatic N) is 1. The molecular weight excluding hydrogens is 228 g/mol. The van der Waals surface area contributed by atoms with E-state index in [4.69, 9.17) is 10.5 Å². The van der Waals surface area contributed by atoms with Crippen molar-refractivity contribution < 1.29 is 9.53 Å². The minimum Gasteiger partial charge on any atom is -0.381 e. The van der Waals surface area contributed by atoms with E-state index in [1.165, 1.54) is 6.42 Å². The van der Waals surface area contributed by atoms with E-state index in [0.717, 1.165) is 64.8 Å². The van der Waals surface area contributed by atoms with Gasteiger partial charge in [-0.15, -0.1) is 0 Å². The first-order chi connectivity index (χ1) is 8.64. The van der Waals surface area contributed by atoms with E-state index in [1.807, 2.05) is 4.90 Å². The third kappa shape index (κ3) is 2.05. The first-order valence-electron chi connectivity index (χ1n) is 7.30. The minimum atomic E-state index is -0.566. The molecule has 1 saturated carbocycles. The second kappa shape index (κ2) is 4.49. The van der Waals surface area contributed by atoms with Crippen molar-refractivity contribution in [1.29, 1.82) is 0 Å². The molecule has 0 aromatic rings. The quantitative estimate of drug-likeness (QED) is 0.765. The van der Waals surface area contributed by atoms with Gasteiger partial charge in [0.15, 0.2) is 0 Å². The van der Waals surface area contributed by atoms with Crippen LogP contribution in [0.5, 0.6) is 0 Å². The zero-order chi connectivity index (χ0) is 12.6. The summed E-state index contributed by atoms with van der Waals surface area (Å²) in [6, 6.07) is 0. The molecule has 1 atom stereocenters. The summed E-state index contributed by atoms with van der Waals surface area (Å²) in [5.41, 5.74) is 6.03. The van der Waals surface area contributed by atoms with E-state index in [1.54, 1.807) is 0 Å². The number of carbonyl (C=O) groups is 1. The van der Waals surface area contributed by atoms with Crippen LogP contribution in [0.2, 0.25) is 0 Å². The molecular formula is C14H24N2O2. The van der Waals surface area contributed by atoms with Crippen molar-refractivity contribution in [2.24, 2.45) is 11.1 Å². The van der Waals surface area contributed by atoms with Crippen molar-refractivity contribution in [3.8, 4) is 0 Å². The number of nitrogens with two attached hydrogens (primary N) is 1. The smallest absolute Gasteiger partial charge is 0.242 e. The van der Waals surface area contributed by atoms with Gasteiger partial charge in [-0.25, -0.2) is 0 Å². The SMILES string of the molecule is NC1(C(=O)N2CCC3(CCOC3)C2)CCCCC1. The van der Waals surface area contributed by atoms with Gasteiger partial charge >= 0.3 is 0 Å². The van der Waals surface area contributed by atoms with Crippen LogP contribution in [-0.2, 0) is 9.53 Å². The lowest BCUT2D eigenvalue weighted by atomic mass is 9.81. The summed E-state index contributed by atoms with van der Waals surface area (Å²) < 4.78 is 5.51. The second-order valence-electron chi connectivity index (χ2n) is 6.50. The first-order valence-corrected chi connectivity index (χ1v) is 7.30. The molecule has 1 amide bonds. The van der Waals surface area contributed by atoms with Crippen molar-refractivity contribution in [2.45, 2.75) is 50.5 Å². The Morgan fingerprint density at radius 3 is 2.56 bits per heavy atom. The summed E-state index contributed by atoms with van der Waals surface area (Å²) in [6.07, 6.45) is 7.36. The highest BCUT2D eigenvalue weighted by atomic mass is 16.5. The molecule has 4 nitrogen and oxygen atoms in total. The molecule has 0 bridgehead atoms. The number of carbonyl (C=O) groups excluding carboxylic acids is 1. The minimum absolute atomic E-state index is 0.200. The summed E-state index contributed by atoms with van der Waals surface area (Å²) in [5, 5.41) is 0. The highest BCUT2D eigenvalue weighted by Gasteiger charge is 2.46. The summed E-state index contributed by atoms with van der Waals surface area (Å²) in [7, 11) is 0. The monoisotopic (exact) mass is 252 g/mol. The molecule has 2 heterocycles. The lowest BCUT2D eigenvalue weighted by Crippen LogP contribution is -2.56. The second-order valence-corrected chi connectivity index (χ2v) is 6.50. The lowest BCUT2D eigenvalue weighted by molar-refractivity contribution is -0.137. The van der Waals surface area contributed by atoms with Crippen LogP contribution in [0.25, 0.3) is 0 Å². The van der Waals surface area contributed by atoms with Gasteiger partial charge in [-0.05, 0) is 25.7 Å². The van der Waals surface area contributed by atoms with Gasteiger partial charge in [-0.1, -0.05) is 19.3 Å². The molecule has 1 unspecified atom stereocenters. The van der Waals surface area contributed by atoms with Gasteiger partial charge in [0.2, 0.25) is 5.91 Å². The van der Waals surface area contributed by atoms with Gasteiger partial charge in [0, 0.05) is 25.1 Å². The van der Waals surface area contributed by atoms with Gasteiger partial charge in [0.1, 0.15) is 0 Å². The average Bonchev–Trinajstić information content (AvgIpc) is 3.00. The molecule has 2 N–H and O–H groups in total. The summed E-state index contributed by atoms with van der Waals surface area (Å²) >= 11 is 0. The fourth-order valence-electron chi connectivity index (χ4n) is 3.79. The highest BCUT2D eigenvalue weighted by molar-refractivity contribution is 5.86. The Morgan fingerprint density at radius 2 is 1.89 bits per heavy atom. The van der Waals surface area contributed by atoms with Gasteiger partial charge in [0.25, 0.3) is 0 Å².